The highest BCUT2D eigenvalue weighted by molar-refractivity contribution is 6.26. The fourth-order valence-corrected chi connectivity index (χ4v) is 5.83. The van der Waals surface area contributed by atoms with Gasteiger partial charge in [0.15, 0.2) is 5.78 Å². The summed E-state index contributed by atoms with van der Waals surface area (Å²) >= 11 is 0. The van der Waals surface area contributed by atoms with E-state index in [1.807, 2.05) is 47.4 Å². The second-order valence-electron chi connectivity index (χ2n) is 9.28. The van der Waals surface area contributed by atoms with E-state index in [9.17, 15) is 24.5 Å². The number of aryl methyl sites for hydroxylation is 1. The number of fused-ring (bicyclic) bond motifs is 5. The molecule has 3 aromatic carbocycles. The third-order valence-corrected chi connectivity index (χ3v) is 7.37. The van der Waals surface area contributed by atoms with Crippen LogP contribution in [0.3, 0.4) is 0 Å². The Balaban J connectivity index is 1.48. The van der Waals surface area contributed by atoms with Crippen LogP contribution < -0.4 is 9.80 Å². The van der Waals surface area contributed by atoms with E-state index < -0.39 is 40.7 Å². The number of non-ortho nitro benzene ring substituents is 1. The van der Waals surface area contributed by atoms with Gasteiger partial charge in [-0.05, 0) is 30.2 Å². The van der Waals surface area contributed by atoms with E-state index in [2.05, 4.69) is 0 Å². The lowest BCUT2D eigenvalue weighted by molar-refractivity contribution is -0.384. The van der Waals surface area contributed by atoms with Gasteiger partial charge in [0.1, 0.15) is 6.04 Å². The molecular formula is C28H21N3O5. The second-order valence-corrected chi connectivity index (χ2v) is 9.28. The third kappa shape index (κ3) is 3.04. The first-order chi connectivity index (χ1) is 17.4. The molecule has 36 heavy (non-hydrogen) atoms. The van der Waals surface area contributed by atoms with Crippen LogP contribution >= 0.6 is 0 Å². The maximum absolute atomic E-state index is 13.9. The fraction of sp³-hybridized carbons (Fsp3) is 0.179. The lowest BCUT2D eigenvalue weighted by Crippen LogP contribution is -2.49. The summed E-state index contributed by atoms with van der Waals surface area (Å²) in [5.41, 5.74) is 2.83. The van der Waals surface area contributed by atoms with Crippen molar-refractivity contribution in [3.63, 3.8) is 0 Å². The van der Waals surface area contributed by atoms with E-state index in [1.165, 1.54) is 18.2 Å². The summed E-state index contributed by atoms with van der Waals surface area (Å²) in [6.45, 7) is 1.63. The summed E-state index contributed by atoms with van der Waals surface area (Å²) in [7, 11) is 0. The average molecular weight is 479 g/mol. The number of imide groups is 1. The molecule has 3 aliphatic heterocycles. The monoisotopic (exact) mass is 479 g/mol. The van der Waals surface area contributed by atoms with E-state index in [0.29, 0.717) is 16.8 Å². The van der Waals surface area contributed by atoms with Gasteiger partial charge in [-0.3, -0.25) is 24.5 Å². The first-order valence-corrected chi connectivity index (χ1v) is 11.7. The van der Waals surface area contributed by atoms with Gasteiger partial charge in [-0.2, -0.15) is 0 Å². The minimum absolute atomic E-state index is 0.120. The van der Waals surface area contributed by atoms with Gasteiger partial charge in [0.25, 0.3) is 5.69 Å². The summed E-state index contributed by atoms with van der Waals surface area (Å²) < 4.78 is 0. The molecule has 0 bridgehead atoms. The quantitative estimate of drug-likeness (QED) is 0.241. The zero-order chi connectivity index (χ0) is 25.1. The van der Waals surface area contributed by atoms with Gasteiger partial charge >= 0.3 is 0 Å². The molecule has 3 heterocycles. The number of amides is 2. The van der Waals surface area contributed by atoms with Crippen molar-refractivity contribution in [2.45, 2.75) is 19.0 Å². The van der Waals surface area contributed by atoms with Crippen molar-refractivity contribution in [1.82, 2.24) is 0 Å². The van der Waals surface area contributed by atoms with Gasteiger partial charge in [0.05, 0.1) is 28.5 Å². The van der Waals surface area contributed by atoms with Crippen LogP contribution in [-0.2, 0) is 9.59 Å². The van der Waals surface area contributed by atoms with Gasteiger partial charge in [0, 0.05) is 23.4 Å². The number of carbonyl (C=O) groups excluding carboxylic acids is 3. The standard InChI is InChI=1S/C28H21N3O5/c1-16-15-19(31(35)36)12-14-20(16)30-27(33)23-22-13-11-17-7-5-6-10-21(17)29(22)25(24(23)28(30)34)26(32)18-8-3-2-4-9-18/h2-15,22-25H,1H3/t22-,23+,24-,25+/m1/s1. The molecule has 0 unspecified atom stereocenters. The minimum atomic E-state index is -0.888. The number of nitrogens with zero attached hydrogens (tertiary/aromatic N) is 3. The Kier molecular flexibility index (Phi) is 4.86. The van der Waals surface area contributed by atoms with Crippen LogP contribution in [0.15, 0.2) is 78.9 Å². The van der Waals surface area contributed by atoms with Gasteiger partial charge < -0.3 is 4.90 Å². The van der Waals surface area contributed by atoms with E-state index in [1.54, 1.807) is 31.2 Å². The average Bonchev–Trinajstić information content (AvgIpc) is 3.37. The van der Waals surface area contributed by atoms with E-state index in [4.69, 9.17) is 0 Å². The predicted octanol–water partition coefficient (Wildman–Crippen LogP) is 4.18. The molecule has 0 N–H and O–H groups in total. The van der Waals surface area contributed by atoms with Gasteiger partial charge in [-0.1, -0.05) is 60.7 Å². The predicted molar refractivity (Wildman–Crippen MR) is 134 cm³/mol. The molecule has 8 heteroatoms. The molecule has 2 saturated heterocycles. The number of nitro groups is 1. The number of hydrogen-bond donors (Lipinski definition) is 0. The molecule has 0 aromatic heterocycles. The highest BCUT2D eigenvalue weighted by Gasteiger charge is 2.64. The first kappa shape index (κ1) is 21.9. The molecule has 2 amide bonds. The zero-order valence-corrected chi connectivity index (χ0v) is 19.3. The summed E-state index contributed by atoms with van der Waals surface area (Å²) in [5.74, 6) is -2.72. The Morgan fingerprint density at radius 1 is 0.889 bits per heavy atom. The highest BCUT2D eigenvalue weighted by Crippen LogP contribution is 2.50. The molecule has 4 atom stereocenters. The molecule has 2 fully saturated rings. The molecule has 0 spiro atoms. The van der Waals surface area contributed by atoms with Gasteiger partial charge in [0.2, 0.25) is 11.8 Å². The van der Waals surface area contributed by atoms with Crippen LogP contribution in [0, 0.1) is 28.9 Å². The molecule has 3 aromatic rings. The summed E-state index contributed by atoms with van der Waals surface area (Å²) in [5, 5.41) is 11.2. The number of hydrogen-bond acceptors (Lipinski definition) is 6. The van der Waals surface area contributed by atoms with Crippen LogP contribution in [0.2, 0.25) is 0 Å². The van der Waals surface area contributed by atoms with Crippen LogP contribution in [0.5, 0.6) is 0 Å². The maximum atomic E-state index is 13.9. The highest BCUT2D eigenvalue weighted by atomic mass is 16.6. The molecule has 3 aliphatic rings. The van der Waals surface area contributed by atoms with Gasteiger partial charge in [-0.25, -0.2) is 4.90 Å². The molecule has 8 nitrogen and oxygen atoms in total. The van der Waals surface area contributed by atoms with Crippen molar-refractivity contribution < 1.29 is 19.3 Å². The summed E-state index contributed by atoms with van der Waals surface area (Å²) in [6.07, 6.45) is 3.83. The summed E-state index contributed by atoms with van der Waals surface area (Å²) in [4.78, 5) is 55.4. The third-order valence-electron chi connectivity index (χ3n) is 7.37. The normalized spacial score (nSPS) is 23.9. The van der Waals surface area contributed by atoms with Crippen molar-refractivity contribution in [3.05, 3.63) is 106 Å². The maximum Gasteiger partial charge on any atom is 0.269 e. The van der Waals surface area contributed by atoms with Crippen molar-refractivity contribution in [2.75, 3.05) is 9.80 Å². The Morgan fingerprint density at radius 2 is 1.58 bits per heavy atom. The number of para-hydroxylation sites is 1. The zero-order valence-electron chi connectivity index (χ0n) is 19.3. The molecule has 6 rings (SSSR count). The van der Waals surface area contributed by atoms with E-state index in [0.717, 1.165) is 16.2 Å². The number of nitro benzene ring substituents is 1. The molecule has 0 saturated carbocycles. The lowest BCUT2D eigenvalue weighted by atomic mass is 9.86. The van der Waals surface area contributed by atoms with Crippen molar-refractivity contribution >= 4 is 40.7 Å². The van der Waals surface area contributed by atoms with Crippen LogP contribution in [0.4, 0.5) is 17.1 Å². The van der Waals surface area contributed by atoms with Crippen LogP contribution in [0.25, 0.3) is 6.08 Å². The smallest absolute Gasteiger partial charge is 0.269 e. The van der Waals surface area contributed by atoms with E-state index >= 15 is 0 Å². The largest absolute Gasteiger partial charge is 0.352 e. The Morgan fingerprint density at radius 3 is 2.31 bits per heavy atom. The molecule has 0 radical (unpaired) electrons. The first-order valence-electron chi connectivity index (χ1n) is 11.7. The van der Waals surface area contributed by atoms with Crippen molar-refractivity contribution in [2.24, 2.45) is 11.8 Å². The topological polar surface area (TPSA) is 101 Å². The van der Waals surface area contributed by atoms with Crippen molar-refractivity contribution in [1.29, 1.82) is 0 Å². The number of benzene rings is 3. The molecule has 0 aliphatic carbocycles. The number of Topliss-reactive ketones (excluding diaryl/α,β-unsaturated/α-hetero) is 1. The Hall–Kier alpha value is -4.59. The van der Waals surface area contributed by atoms with Gasteiger partial charge in [-0.15, -0.1) is 0 Å². The van der Waals surface area contributed by atoms with Crippen LogP contribution in [-0.4, -0.2) is 34.6 Å². The van der Waals surface area contributed by atoms with E-state index in [-0.39, 0.29) is 11.5 Å². The Bertz CT molecular complexity index is 1480. The SMILES string of the molecule is Cc1cc([N+](=O)[O-])ccc1N1C(=O)[C@@H]2[C@@H](C1=O)[C@@H](C(=O)c1ccccc1)N1c3ccccc3C=C[C@H]21. The molecule has 178 valence electrons. The number of anilines is 2. The number of carbonyl (C=O) groups is 3. The second kappa shape index (κ2) is 7.98. The summed E-state index contributed by atoms with van der Waals surface area (Å²) in [6, 6.07) is 19.2. The fourth-order valence-electron chi connectivity index (χ4n) is 5.83. The van der Waals surface area contributed by atoms with Crippen molar-refractivity contribution in [3.8, 4) is 0 Å². The number of ketones is 1. The van der Waals surface area contributed by atoms with Crippen LogP contribution in [0.1, 0.15) is 21.5 Å². The Labute approximate surface area is 206 Å². The number of rotatable bonds is 4. The molecular weight excluding hydrogens is 458 g/mol. The minimum Gasteiger partial charge on any atom is -0.352 e. The lowest BCUT2D eigenvalue weighted by Gasteiger charge is -2.36.